The van der Waals surface area contributed by atoms with Crippen LogP contribution < -0.4 is 40.2 Å². The number of rotatable bonds is 14. The molecule has 1 aliphatic rings. The first-order valence-corrected chi connectivity index (χ1v) is 22.0. The maximum atomic E-state index is 13.4. The smallest absolute Gasteiger partial charge is 0.324 e. The summed E-state index contributed by atoms with van der Waals surface area (Å²) in [6.07, 6.45) is 2.34. The second kappa shape index (κ2) is 18.0. The Kier molecular flexibility index (Phi) is 13.0. The number of fused-ring (bicyclic) bond motifs is 1. The van der Waals surface area contributed by atoms with Gasteiger partial charge < -0.3 is 35.5 Å². The predicted molar refractivity (Wildman–Crippen MR) is 237 cm³/mol. The highest BCUT2D eigenvalue weighted by atomic mass is 32.2. The van der Waals surface area contributed by atoms with Gasteiger partial charge in [-0.15, -0.1) is 0 Å². The SMILES string of the molecule is CCC(NC(=O)c1ccc(Nc2cc(Oc3ccc(N(C(N)=O)c4cc(C(C)(C)C)cc(NS(C)(=O)=O)c4OC)c4ccccc34)ccn2)cc1OC)N1CCSC(=O)C1=O. The van der Waals surface area contributed by atoms with Crippen molar-refractivity contribution >= 4 is 84.1 Å². The number of ether oxygens (including phenoxy) is 3. The molecule has 1 fully saturated rings. The Bertz CT molecular complexity index is 2630. The Morgan fingerprint density at radius 2 is 1.69 bits per heavy atom. The van der Waals surface area contributed by atoms with Crippen LogP contribution >= 0.6 is 11.8 Å². The highest BCUT2D eigenvalue weighted by molar-refractivity contribution is 8.15. The van der Waals surface area contributed by atoms with Crippen molar-refractivity contribution in [2.45, 2.75) is 45.7 Å². The number of nitrogens with one attached hydrogen (secondary N) is 3. The summed E-state index contributed by atoms with van der Waals surface area (Å²) in [5.74, 6) is 1.02. The fraction of sp³-hybridized carbons (Fsp3) is 0.279. The molecule has 0 aliphatic carbocycles. The zero-order valence-corrected chi connectivity index (χ0v) is 36.3. The number of urea groups is 1. The number of amides is 4. The first kappa shape index (κ1) is 44.0. The second-order valence-corrected chi connectivity index (χ2v) is 17.9. The van der Waals surface area contributed by atoms with Crippen molar-refractivity contribution < 1.29 is 41.8 Å². The van der Waals surface area contributed by atoms with Gasteiger partial charge in [-0.1, -0.05) is 63.7 Å². The number of methoxy groups -OCH3 is 2. The molecule has 1 saturated heterocycles. The fourth-order valence-corrected chi connectivity index (χ4v) is 8.09. The molecule has 0 bridgehead atoms. The minimum Gasteiger partial charge on any atom is -0.496 e. The molecule has 4 aromatic carbocycles. The molecular weight excluding hydrogens is 823 g/mol. The molecule has 320 valence electrons. The molecule has 1 atom stereocenters. The van der Waals surface area contributed by atoms with E-state index in [0.29, 0.717) is 58.2 Å². The lowest BCUT2D eigenvalue weighted by Gasteiger charge is -2.33. The number of pyridine rings is 1. The number of anilines is 5. The number of sulfonamides is 1. The number of thioether (sulfide) groups is 1. The molecular formula is C43H47N7O9S2. The van der Waals surface area contributed by atoms with E-state index in [1.807, 2.05) is 52.0 Å². The Balaban J connectivity index is 1.28. The molecule has 0 radical (unpaired) electrons. The summed E-state index contributed by atoms with van der Waals surface area (Å²) in [5, 5.41) is 6.76. The lowest BCUT2D eigenvalue weighted by molar-refractivity contribution is -0.142. The van der Waals surface area contributed by atoms with Gasteiger partial charge in [0, 0.05) is 47.1 Å². The van der Waals surface area contributed by atoms with Crippen molar-refractivity contribution in [1.29, 1.82) is 0 Å². The summed E-state index contributed by atoms with van der Waals surface area (Å²) in [4.78, 5) is 58.4. The van der Waals surface area contributed by atoms with Gasteiger partial charge in [-0.3, -0.25) is 24.0 Å². The van der Waals surface area contributed by atoms with Crippen LogP contribution in [0.2, 0.25) is 0 Å². The zero-order valence-electron chi connectivity index (χ0n) is 34.7. The molecule has 4 amide bonds. The Labute approximate surface area is 358 Å². The molecule has 0 spiro atoms. The summed E-state index contributed by atoms with van der Waals surface area (Å²) in [5.41, 5.74) is 7.93. The molecule has 5 N–H and O–H groups in total. The molecule has 18 heteroatoms. The van der Waals surface area contributed by atoms with Gasteiger partial charge in [0.2, 0.25) is 10.0 Å². The standard InChI is InChI=1S/C43H47N7O9S2/c1-8-37(49-19-20-60-41(53)40(49)52)47-39(51)30-14-13-26(23-35(30)57-5)46-36-24-27(17-18-45-36)59-34-16-15-32(28-11-9-10-12-29(28)34)50(42(44)54)33-22-25(43(2,3)4)21-31(38(33)58-6)48-61(7,55)56/h9-18,21-24,37,48H,8,19-20H2,1-7H3,(H2,44,54)(H,45,46)(H,47,51). The van der Waals surface area contributed by atoms with Gasteiger partial charge in [0.05, 0.1) is 43.1 Å². The summed E-state index contributed by atoms with van der Waals surface area (Å²) >= 11 is 0.970. The van der Waals surface area contributed by atoms with E-state index in [4.69, 9.17) is 19.9 Å². The monoisotopic (exact) mass is 869 g/mol. The number of hydrogen-bond donors (Lipinski definition) is 4. The van der Waals surface area contributed by atoms with Gasteiger partial charge in [-0.05, 0) is 59.9 Å². The number of benzene rings is 4. The molecule has 5 aromatic rings. The van der Waals surface area contributed by atoms with Crippen LogP contribution in [0.4, 0.5) is 33.4 Å². The normalized spacial score (nSPS) is 13.7. The second-order valence-electron chi connectivity index (χ2n) is 15.1. The molecule has 6 rings (SSSR count). The maximum absolute atomic E-state index is 13.4. The summed E-state index contributed by atoms with van der Waals surface area (Å²) in [6.45, 7) is 8.05. The minimum atomic E-state index is -3.74. The summed E-state index contributed by atoms with van der Waals surface area (Å²) in [6, 6.07) is 21.6. The first-order valence-electron chi connectivity index (χ1n) is 19.1. The van der Waals surface area contributed by atoms with E-state index in [-0.39, 0.29) is 28.4 Å². The van der Waals surface area contributed by atoms with E-state index >= 15 is 0 Å². The van der Waals surface area contributed by atoms with Gasteiger partial charge in [-0.2, -0.15) is 0 Å². The van der Waals surface area contributed by atoms with Crippen LogP contribution in [0.1, 0.15) is 50.0 Å². The summed E-state index contributed by atoms with van der Waals surface area (Å²) < 4.78 is 45.1. The fourth-order valence-electron chi connectivity index (χ4n) is 6.83. The third-order valence-electron chi connectivity index (χ3n) is 9.74. The van der Waals surface area contributed by atoms with Crippen LogP contribution in [-0.4, -0.2) is 80.2 Å². The van der Waals surface area contributed by atoms with E-state index in [9.17, 15) is 27.6 Å². The number of aromatic nitrogens is 1. The number of nitrogens with zero attached hydrogens (tertiary/aromatic N) is 3. The average Bonchev–Trinajstić information content (AvgIpc) is 3.20. The van der Waals surface area contributed by atoms with Crippen molar-refractivity contribution in [2.75, 3.05) is 47.7 Å². The number of nitrogens with two attached hydrogens (primary N) is 1. The van der Waals surface area contributed by atoms with Crippen LogP contribution in [0.15, 0.2) is 85.1 Å². The number of carbonyl (C=O) groups is 4. The van der Waals surface area contributed by atoms with Crippen molar-refractivity contribution in [3.05, 3.63) is 96.2 Å². The Hall–Kier alpha value is -6.53. The van der Waals surface area contributed by atoms with E-state index in [2.05, 4.69) is 20.3 Å². The van der Waals surface area contributed by atoms with Gasteiger partial charge in [0.1, 0.15) is 29.2 Å². The molecule has 61 heavy (non-hydrogen) atoms. The largest absolute Gasteiger partial charge is 0.496 e. The molecule has 0 saturated carbocycles. The van der Waals surface area contributed by atoms with Crippen molar-refractivity contribution in [3.63, 3.8) is 0 Å². The lowest BCUT2D eigenvalue weighted by atomic mass is 9.86. The van der Waals surface area contributed by atoms with Gasteiger partial charge in [0.15, 0.2) is 5.75 Å². The van der Waals surface area contributed by atoms with Crippen molar-refractivity contribution in [2.24, 2.45) is 5.73 Å². The Morgan fingerprint density at radius 3 is 2.34 bits per heavy atom. The molecule has 1 aromatic heterocycles. The third-order valence-corrected chi connectivity index (χ3v) is 11.2. The first-order chi connectivity index (χ1) is 28.9. The maximum Gasteiger partial charge on any atom is 0.324 e. The predicted octanol–water partition coefficient (Wildman–Crippen LogP) is 7.24. The number of primary amides is 1. The molecule has 1 aliphatic heterocycles. The molecule has 16 nitrogen and oxygen atoms in total. The van der Waals surface area contributed by atoms with Crippen LogP contribution in [0.5, 0.6) is 23.0 Å². The van der Waals surface area contributed by atoms with Crippen LogP contribution in [0.3, 0.4) is 0 Å². The van der Waals surface area contributed by atoms with Gasteiger partial charge in [0.25, 0.3) is 11.0 Å². The zero-order chi connectivity index (χ0) is 44.2. The molecule has 2 heterocycles. The highest BCUT2D eigenvalue weighted by Gasteiger charge is 2.33. The van der Waals surface area contributed by atoms with Gasteiger partial charge in [-0.25, -0.2) is 18.2 Å². The van der Waals surface area contributed by atoms with Crippen LogP contribution in [0.25, 0.3) is 10.8 Å². The summed E-state index contributed by atoms with van der Waals surface area (Å²) in [7, 11) is -0.915. The van der Waals surface area contributed by atoms with Crippen molar-refractivity contribution in [3.8, 4) is 23.0 Å². The average molecular weight is 870 g/mol. The molecule has 1 unspecified atom stereocenters. The van der Waals surface area contributed by atoms with E-state index in [1.54, 1.807) is 60.8 Å². The van der Waals surface area contributed by atoms with Crippen LogP contribution in [0, 0.1) is 0 Å². The van der Waals surface area contributed by atoms with E-state index in [0.717, 1.165) is 23.6 Å². The minimum absolute atomic E-state index is 0.0997. The topological polar surface area (TPSA) is 212 Å². The van der Waals surface area contributed by atoms with Crippen LogP contribution in [-0.2, 0) is 25.0 Å². The Morgan fingerprint density at radius 1 is 0.951 bits per heavy atom. The van der Waals surface area contributed by atoms with E-state index in [1.165, 1.54) is 24.0 Å². The van der Waals surface area contributed by atoms with Crippen molar-refractivity contribution in [1.82, 2.24) is 15.2 Å². The lowest BCUT2D eigenvalue weighted by Crippen LogP contribution is -2.54. The quantitative estimate of drug-likeness (QED) is 0.0814. The van der Waals surface area contributed by atoms with E-state index < -0.39 is 44.6 Å². The third kappa shape index (κ3) is 9.92. The van der Waals surface area contributed by atoms with Gasteiger partial charge >= 0.3 is 11.9 Å². The number of carbonyl (C=O) groups excluding carboxylic acids is 4. The highest BCUT2D eigenvalue weighted by Crippen LogP contribution is 2.46. The number of hydrogen-bond acceptors (Lipinski definition) is 12.